The molecule has 2 rings (SSSR count). The molecule has 0 aromatic heterocycles. The third-order valence-electron chi connectivity index (χ3n) is 3.14. The molecule has 0 aliphatic carbocycles. The Kier molecular flexibility index (Phi) is 6.19. The minimum atomic E-state index is -5.00. The minimum Gasteiger partial charge on any atom is -0.462 e. The molecule has 0 aliphatic heterocycles. The number of hydrogen-bond acceptors (Lipinski definition) is 4. The summed E-state index contributed by atoms with van der Waals surface area (Å²) in [5.74, 6) is -2.30. The first-order chi connectivity index (χ1) is 12.6. The molecule has 0 aliphatic rings. The lowest BCUT2D eigenvalue weighted by molar-refractivity contribution is -0.275. The molecule has 2 aromatic carbocycles. The summed E-state index contributed by atoms with van der Waals surface area (Å²) in [6.45, 7) is -0.378. The van der Waals surface area contributed by atoms with Crippen LogP contribution in [0.5, 0.6) is 11.5 Å². The second-order valence-electron chi connectivity index (χ2n) is 5.09. The van der Waals surface area contributed by atoms with Crippen LogP contribution >= 0.6 is 0 Å². The van der Waals surface area contributed by atoms with Gasteiger partial charge in [0.1, 0.15) is 17.1 Å². The Balaban J connectivity index is 2.02. The van der Waals surface area contributed by atoms with Crippen LogP contribution in [0.4, 0.5) is 26.3 Å². The summed E-state index contributed by atoms with van der Waals surface area (Å²) in [6.07, 6.45) is -10.0. The van der Waals surface area contributed by atoms with Crippen molar-refractivity contribution >= 4 is 5.97 Å². The molecule has 10 heteroatoms. The molecule has 0 amide bonds. The number of para-hydroxylation sites is 2. The Morgan fingerprint density at radius 3 is 1.93 bits per heavy atom. The van der Waals surface area contributed by atoms with Gasteiger partial charge in [-0.3, -0.25) is 0 Å². The van der Waals surface area contributed by atoms with Crippen LogP contribution in [0.3, 0.4) is 0 Å². The van der Waals surface area contributed by atoms with E-state index in [2.05, 4.69) is 9.47 Å². The number of alkyl halides is 6. The third-order valence-corrected chi connectivity index (χ3v) is 3.14. The molecule has 0 bridgehead atoms. The number of carbonyl (C=O) groups is 1. The lowest BCUT2D eigenvalue weighted by Gasteiger charge is -2.14. The van der Waals surface area contributed by atoms with Gasteiger partial charge in [-0.1, -0.05) is 30.3 Å². The van der Waals surface area contributed by atoms with Crippen molar-refractivity contribution in [1.29, 1.82) is 0 Å². The van der Waals surface area contributed by atoms with E-state index in [1.807, 2.05) is 0 Å². The fourth-order valence-corrected chi connectivity index (χ4v) is 2.12. The van der Waals surface area contributed by atoms with E-state index < -0.39 is 35.8 Å². The summed E-state index contributed by atoms with van der Waals surface area (Å²) < 4.78 is 86.6. The van der Waals surface area contributed by atoms with E-state index in [0.717, 1.165) is 18.2 Å². The van der Waals surface area contributed by atoms with Crippen LogP contribution in [-0.2, 0) is 11.2 Å². The van der Waals surface area contributed by atoms with Crippen molar-refractivity contribution in [3.63, 3.8) is 0 Å². The van der Waals surface area contributed by atoms with Crippen LogP contribution in [0.25, 0.3) is 0 Å². The summed E-state index contributed by atoms with van der Waals surface area (Å²) in [4.78, 5) is 12.0. The lowest BCUT2D eigenvalue weighted by Crippen LogP contribution is -2.20. The molecule has 2 aromatic rings. The molecule has 0 saturated heterocycles. The average molecular weight is 394 g/mol. The van der Waals surface area contributed by atoms with Gasteiger partial charge in [-0.15, -0.1) is 26.3 Å². The molecule has 27 heavy (non-hydrogen) atoms. The van der Waals surface area contributed by atoms with E-state index in [1.165, 1.54) is 30.3 Å². The Hall–Kier alpha value is -2.91. The number of rotatable bonds is 6. The average Bonchev–Trinajstić information content (AvgIpc) is 2.54. The van der Waals surface area contributed by atoms with Crippen molar-refractivity contribution in [3.8, 4) is 11.5 Å². The summed E-state index contributed by atoms with van der Waals surface area (Å²) in [6, 6.07) is 9.80. The zero-order chi connectivity index (χ0) is 20.1. The highest BCUT2D eigenvalue weighted by molar-refractivity contribution is 5.92. The fourth-order valence-electron chi connectivity index (χ4n) is 2.12. The van der Waals surface area contributed by atoms with Gasteiger partial charge in [-0.05, 0) is 23.8 Å². The predicted molar refractivity (Wildman–Crippen MR) is 80.2 cm³/mol. The van der Waals surface area contributed by atoms with Gasteiger partial charge in [0.05, 0.1) is 6.61 Å². The van der Waals surface area contributed by atoms with E-state index >= 15 is 0 Å². The van der Waals surface area contributed by atoms with Crippen LogP contribution in [0.15, 0.2) is 48.5 Å². The Bertz CT molecular complexity index is 785. The standard InChI is InChI=1S/C17H12F6O4/c18-16(19,20)26-13-7-3-1-5-11(13)9-10-25-15(24)12-6-2-4-8-14(12)27-17(21,22)23/h1-8H,9-10H2. The van der Waals surface area contributed by atoms with Crippen LogP contribution in [0.1, 0.15) is 15.9 Å². The number of carbonyl (C=O) groups excluding carboxylic acids is 1. The van der Waals surface area contributed by atoms with Crippen molar-refractivity contribution < 1.29 is 45.3 Å². The first-order valence-electron chi connectivity index (χ1n) is 7.41. The molecule has 0 fully saturated rings. The van der Waals surface area contributed by atoms with E-state index in [4.69, 9.17) is 4.74 Å². The lowest BCUT2D eigenvalue weighted by atomic mass is 10.1. The predicted octanol–water partition coefficient (Wildman–Crippen LogP) is 4.88. The summed E-state index contributed by atoms with van der Waals surface area (Å²) in [7, 11) is 0. The Morgan fingerprint density at radius 1 is 0.778 bits per heavy atom. The van der Waals surface area contributed by atoms with E-state index in [0.29, 0.717) is 0 Å². The molecule has 0 radical (unpaired) electrons. The van der Waals surface area contributed by atoms with Gasteiger partial charge in [-0.2, -0.15) is 0 Å². The van der Waals surface area contributed by atoms with Gasteiger partial charge < -0.3 is 14.2 Å². The highest BCUT2D eigenvalue weighted by atomic mass is 19.4. The number of hydrogen-bond donors (Lipinski definition) is 0. The number of ether oxygens (including phenoxy) is 3. The summed E-state index contributed by atoms with van der Waals surface area (Å²) >= 11 is 0. The maximum absolute atomic E-state index is 12.4. The second-order valence-corrected chi connectivity index (χ2v) is 5.09. The topological polar surface area (TPSA) is 44.8 Å². The van der Waals surface area contributed by atoms with Crippen molar-refractivity contribution in [2.24, 2.45) is 0 Å². The molecule has 146 valence electrons. The number of benzene rings is 2. The molecular weight excluding hydrogens is 382 g/mol. The van der Waals surface area contributed by atoms with Crippen molar-refractivity contribution in [1.82, 2.24) is 0 Å². The van der Waals surface area contributed by atoms with Crippen molar-refractivity contribution in [2.45, 2.75) is 19.1 Å². The quantitative estimate of drug-likeness (QED) is 0.517. The fraction of sp³-hybridized carbons (Fsp3) is 0.235. The van der Waals surface area contributed by atoms with Gasteiger partial charge >= 0.3 is 18.7 Å². The first kappa shape index (κ1) is 20.4. The van der Waals surface area contributed by atoms with Crippen molar-refractivity contribution in [3.05, 3.63) is 59.7 Å². The van der Waals surface area contributed by atoms with Crippen LogP contribution in [0, 0.1) is 0 Å². The van der Waals surface area contributed by atoms with E-state index in [1.54, 1.807) is 0 Å². The molecular formula is C17H12F6O4. The highest BCUT2D eigenvalue weighted by Crippen LogP contribution is 2.28. The van der Waals surface area contributed by atoms with Gasteiger partial charge in [0, 0.05) is 6.42 Å². The smallest absolute Gasteiger partial charge is 0.462 e. The SMILES string of the molecule is O=C(OCCc1ccccc1OC(F)(F)F)c1ccccc1OC(F)(F)F. The zero-order valence-corrected chi connectivity index (χ0v) is 13.4. The molecule has 0 N–H and O–H groups in total. The molecule has 0 saturated carbocycles. The Morgan fingerprint density at radius 2 is 1.30 bits per heavy atom. The van der Waals surface area contributed by atoms with E-state index in [9.17, 15) is 31.1 Å². The van der Waals surface area contributed by atoms with Gasteiger partial charge in [0.2, 0.25) is 0 Å². The largest absolute Gasteiger partial charge is 0.573 e. The summed E-state index contributed by atoms with van der Waals surface area (Å²) in [5, 5.41) is 0. The minimum absolute atomic E-state index is 0.113. The number of esters is 1. The highest BCUT2D eigenvalue weighted by Gasteiger charge is 2.33. The third kappa shape index (κ3) is 6.72. The maximum Gasteiger partial charge on any atom is 0.573 e. The van der Waals surface area contributed by atoms with Crippen LogP contribution in [0.2, 0.25) is 0 Å². The van der Waals surface area contributed by atoms with Gasteiger partial charge in [0.15, 0.2) is 0 Å². The number of halogens is 6. The molecule has 0 atom stereocenters. The first-order valence-corrected chi connectivity index (χ1v) is 7.41. The van der Waals surface area contributed by atoms with E-state index in [-0.39, 0.29) is 18.6 Å². The summed E-state index contributed by atoms with van der Waals surface area (Å²) in [5.41, 5.74) is -0.350. The molecule has 0 unspecified atom stereocenters. The molecule has 0 spiro atoms. The second kappa shape index (κ2) is 8.19. The Labute approximate surface area is 149 Å². The van der Waals surface area contributed by atoms with Gasteiger partial charge in [-0.25, -0.2) is 4.79 Å². The van der Waals surface area contributed by atoms with Crippen LogP contribution in [-0.4, -0.2) is 25.3 Å². The van der Waals surface area contributed by atoms with Crippen molar-refractivity contribution in [2.75, 3.05) is 6.61 Å². The zero-order valence-electron chi connectivity index (χ0n) is 13.4. The molecule has 4 nitrogen and oxygen atoms in total. The normalized spacial score (nSPS) is 11.8. The molecule has 0 heterocycles. The maximum atomic E-state index is 12.4. The van der Waals surface area contributed by atoms with Crippen LogP contribution < -0.4 is 9.47 Å². The monoisotopic (exact) mass is 394 g/mol. The van der Waals surface area contributed by atoms with Gasteiger partial charge in [0.25, 0.3) is 0 Å².